The lowest BCUT2D eigenvalue weighted by atomic mass is 9.84. The minimum absolute atomic E-state index is 0.0506. The molecule has 6 nitrogen and oxygen atoms in total. The third-order valence-electron chi connectivity index (χ3n) is 5.96. The summed E-state index contributed by atoms with van der Waals surface area (Å²) in [5.74, 6) is -0.695. The Morgan fingerprint density at radius 3 is 2.38 bits per heavy atom. The van der Waals surface area contributed by atoms with Crippen LogP contribution in [0.2, 0.25) is 0 Å². The van der Waals surface area contributed by atoms with Gasteiger partial charge in [0, 0.05) is 24.2 Å². The zero-order valence-corrected chi connectivity index (χ0v) is 16.7. The van der Waals surface area contributed by atoms with E-state index in [9.17, 15) is 20.1 Å². The van der Waals surface area contributed by atoms with Crippen molar-refractivity contribution in [2.75, 3.05) is 13.1 Å². The first-order valence-corrected chi connectivity index (χ1v) is 9.92. The predicted molar refractivity (Wildman–Crippen MR) is 107 cm³/mol. The molecule has 3 aliphatic heterocycles. The second-order valence-electron chi connectivity index (χ2n) is 8.34. The van der Waals surface area contributed by atoms with Crippen LogP contribution < -0.4 is 0 Å². The van der Waals surface area contributed by atoms with E-state index in [2.05, 4.69) is 0 Å². The number of benzene rings is 1. The zero-order valence-electron chi connectivity index (χ0n) is 16.7. The Hall–Kier alpha value is -3.38. The van der Waals surface area contributed by atoms with Gasteiger partial charge in [-0.1, -0.05) is 24.3 Å². The lowest BCUT2D eigenvalue weighted by Crippen LogP contribution is -2.48. The zero-order chi connectivity index (χ0) is 20.8. The highest BCUT2D eigenvalue weighted by Gasteiger charge is 2.50. The molecular weight excluding hydrogens is 364 g/mol. The third-order valence-corrected chi connectivity index (χ3v) is 5.96. The number of fused-ring (bicyclic) bond motifs is 3. The molecule has 1 aromatic carbocycles. The highest BCUT2D eigenvalue weighted by Crippen LogP contribution is 2.47. The van der Waals surface area contributed by atoms with Gasteiger partial charge in [-0.3, -0.25) is 9.59 Å². The molecule has 0 saturated carbocycles. The summed E-state index contributed by atoms with van der Waals surface area (Å²) in [4.78, 5) is 30.5. The molecule has 2 amide bonds. The summed E-state index contributed by atoms with van der Waals surface area (Å²) in [6.45, 7) is 5.14. The van der Waals surface area contributed by atoms with Crippen LogP contribution in [-0.4, -0.2) is 40.2 Å². The molecule has 3 aliphatic rings. The maximum absolute atomic E-state index is 13.6. The highest BCUT2D eigenvalue weighted by molar-refractivity contribution is 6.23. The number of likely N-dealkylation sites (tertiary alicyclic amines) is 1. The van der Waals surface area contributed by atoms with Crippen LogP contribution in [0.5, 0.6) is 0 Å². The monoisotopic (exact) mass is 386 g/mol. The maximum Gasteiger partial charge on any atom is 0.261 e. The summed E-state index contributed by atoms with van der Waals surface area (Å²) in [5, 5.41) is 19.0. The smallest absolute Gasteiger partial charge is 0.261 e. The van der Waals surface area contributed by atoms with Crippen molar-refractivity contribution in [2.24, 2.45) is 0 Å². The van der Waals surface area contributed by atoms with Gasteiger partial charge in [-0.2, -0.15) is 10.5 Å². The van der Waals surface area contributed by atoms with Crippen LogP contribution in [0.4, 0.5) is 0 Å². The lowest BCUT2D eigenvalue weighted by molar-refractivity contribution is -0.129. The molecule has 0 radical (unpaired) electrons. The van der Waals surface area contributed by atoms with Crippen LogP contribution in [0.3, 0.4) is 0 Å². The summed E-state index contributed by atoms with van der Waals surface area (Å²) in [6, 6.07) is 11.4. The van der Waals surface area contributed by atoms with Crippen molar-refractivity contribution in [3.63, 3.8) is 0 Å². The number of nitrogens with zero attached hydrogens (tertiary/aromatic N) is 4. The second kappa shape index (κ2) is 6.90. The Labute approximate surface area is 170 Å². The van der Waals surface area contributed by atoms with E-state index in [0.29, 0.717) is 25.2 Å². The Kier molecular flexibility index (Phi) is 4.51. The Morgan fingerprint density at radius 1 is 1.07 bits per heavy atom. The molecule has 146 valence electrons. The minimum atomic E-state index is -0.577. The number of nitriles is 2. The van der Waals surface area contributed by atoms with Crippen LogP contribution in [0.25, 0.3) is 5.70 Å². The predicted octanol–water partition coefficient (Wildman–Crippen LogP) is 2.93. The summed E-state index contributed by atoms with van der Waals surface area (Å²) < 4.78 is 0. The molecule has 6 heteroatoms. The normalized spacial score (nSPS) is 20.0. The van der Waals surface area contributed by atoms with Crippen molar-refractivity contribution >= 4 is 17.5 Å². The van der Waals surface area contributed by atoms with Crippen molar-refractivity contribution in [1.29, 1.82) is 10.5 Å². The van der Waals surface area contributed by atoms with Crippen LogP contribution in [0.15, 0.2) is 41.0 Å². The molecule has 1 fully saturated rings. The highest BCUT2D eigenvalue weighted by atomic mass is 16.2. The maximum atomic E-state index is 13.6. The van der Waals surface area contributed by atoms with Gasteiger partial charge in [0.2, 0.25) is 0 Å². The van der Waals surface area contributed by atoms with Gasteiger partial charge in [-0.15, -0.1) is 0 Å². The van der Waals surface area contributed by atoms with E-state index in [1.54, 1.807) is 9.80 Å². The first kappa shape index (κ1) is 19.0. The Bertz CT molecular complexity index is 1040. The second-order valence-corrected chi connectivity index (χ2v) is 8.34. The fourth-order valence-corrected chi connectivity index (χ4v) is 4.67. The van der Waals surface area contributed by atoms with E-state index in [0.717, 1.165) is 30.4 Å². The largest absolute Gasteiger partial charge is 0.339 e. The number of amides is 2. The van der Waals surface area contributed by atoms with E-state index in [-0.39, 0.29) is 22.6 Å². The van der Waals surface area contributed by atoms with Crippen LogP contribution in [-0.2, 0) is 16.0 Å². The first-order chi connectivity index (χ1) is 13.9. The van der Waals surface area contributed by atoms with Gasteiger partial charge in [0.15, 0.2) is 0 Å². The van der Waals surface area contributed by atoms with Crippen LogP contribution in [0, 0.1) is 22.7 Å². The number of carbonyl (C=O) groups excluding carboxylic acids is 2. The topological polar surface area (TPSA) is 88.2 Å². The van der Waals surface area contributed by atoms with Crippen molar-refractivity contribution in [2.45, 2.75) is 45.1 Å². The first-order valence-electron chi connectivity index (χ1n) is 9.92. The van der Waals surface area contributed by atoms with Gasteiger partial charge in [0.05, 0.1) is 16.8 Å². The van der Waals surface area contributed by atoms with Crippen molar-refractivity contribution < 1.29 is 9.59 Å². The van der Waals surface area contributed by atoms with Crippen molar-refractivity contribution in [1.82, 2.24) is 9.80 Å². The number of hydrogen-bond donors (Lipinski definition) is 0. The fourth-order valence-electron chi connectivity index (χ4n) is 4.67. The third kappa shape index (κ3) is 2.84. The van der Waals surface area contributed by atoms with Gasteiger partial charge < -0.3 is 9.80 Å². The summed E-state index contributed by atoms with van der Waals surface area (Å²) in [7, 11) is 0. The molecule has 0 atom stereocenters. The van der Waals surface area contributed by atoms with Crippen molar-refractivity contribution in [3.05, 3.63) is 52.1 Å². The van der Waals surface area contributed by atoms with E-state index in [4.69, 9.17) is 0 Å². The fraction of sp³-hybridized carbons (Fsp3) is 0.391. The van der Waals surface area contributed by atoms with Crippen molar-refractivity contribution in [3.8, 4) is 12.1 Å². The minimum Gasteiger partial charge on any atom is -0.339 e. The van der Waals surface area contributed by atoms with E-state index in [1.807, 2.05) is 50.3 Å². The van der Waals surface area contributed by atoms with Gasteiger partial charge in [-0.25, -0.2) is 0 Å². The average Bonchev–Trinajstić information content (AvgIpc) is 3.03. The molecule has 0 spiro atoms. The quantitative estimate of drug-likeness (QED) is 0.548. The van der Waals surface area contributed by atoms with Gasteiger partial charge in [-0.05, 0) is 45.1 Å². The molecule has 4 rings (SSSR count). The molecule has 3 heterocycles. The van der Waals surface area contributed by atoms with Crippen LogP contribution in [0.1, 0.15) is 44.2 Å². The molecule has 0 bridgehead atoms. The number of rotatable bonds is 1. The Balaban J connectivity index is 2.04. The summed E-state index contributed by atoms with van der Waals surface area (Å²) in [6.07, 6.45) is 3.53. The molecule has 0 aliphatic carbocycles. The molecule has 1 saturated heterocycles. The van der Waals surface area contributed by atoms with Gasteiger partial charge in [0.1, 0.15) is 17.7 Å². The number of carbonyl (C=O) groups is 2. The standard InChI is InChI=1S/C23H22N4O2/c1-23(2)12-15-8-4-5-9-17(15)20-19(21(28)26-10-6-3-7-11-26)18(16(13-24)14-25)22(29)27(20)23/h4-5,8-9H,3,6-7,10-12H2,1-2H3. The number of piperidine rings is 1. The van der Waals surface area contributed by atoms with E-state index < -0.39 is 11.4 Å². The molecule has 0 unspecified atom stereocenters. The molecule has 0 aromatic heterocycles. The summed E-state index contributed by atoms with van der Waals surface area (Å²) in [5.41, 5.74) is 1.69. The summed E-state index contributed by atoms with van der Waals surface area (Å²) >= 11 is 0. The number of allylic oxidation sites excluding steroid dienone is 1. The average molecular weight is 386 g/mol. The molecule has 1 aromatic rings. The Morgan fingerprint density at radius 2 is 1.72 bits per heavy atom. The SMILES string of the molecule is CC1(C)Cc2ccccc2C2=C(C(=O)N3CCCCC3)C(=C(C#N)C#N)C(=O)N21. The van der Waals surface area contributed by atoms with Crippen LogP contribution >= 0.6 is 0 Å². The number of hydrogen-bond acceptors (Lipinski definition) is 4. The van der Waals surface area contributed by atoms with Gasteiger partial charge >= 0.3 is 0 Å². The lowest BCUT2D eigenvalue weighted by Gasteiger charge is -2.42. The molecular formula is C23H22N4O2. The van der Waals surface area contributed by atoms with E-state index >= 15 is 0 Å². The van der Waals surface area contributed by atoms with Gasteiger partial charge in [0.25, 0.3) is 11.8 Å². The molecule has 0 N–H and O–H groups in total. The molecule has 29 heavy (non-hydrogen) atoms. The van der Waals surface area contributed by atoms with E-state index in [1.165, 1.54) is 0 Å².